The topological polar surface area (TPSA) is 34.9 Å². The molecule has 3 nitrogen and oxygen atoms in total. The van der Waals surface area contributed by atoms with Gasteiger partial charge in [0.2, 0.25) is 5.78 Å². The van der Waals surface area contributed by atoms with Crippen LogP contribution in [0.1, 0.15) is 24.7 Å². The second-order valence-electron chi connectivity index (χ2n) is 4.83. The minimum absolute atomic E-state index is 0.0935. The molecule has 1 aromatic heterocycles. The zero-order valence-electron chi connectivity index (χ0n) is 10.2. The molecule has 1 fully saturated rings. The summed E-state index contributed by atoms with van der Waals surface area (Å²) in [6.45, 7) is 0. The van der Waals surface area contributed by atoms with Crippen LogP contribution < -0.4 is 0 Å². The van der Waals surface area contributed by atoms with E-state index in [1.165, 1.54) is 0 Å². The minimum Gasteiger partial charge on any atom is -0.323 e. The maximum Gasteiger partial charge on any atom is 0.450 e. The summed E-state index contributed by atoms with van der Waals surface area (Å²) >= 11 is 6.11. The van der Waals surface area contributed by atoms with E-state index in [2.05, 4.69) is 4.98 Å². The zero-order chi connectivity index (χ0) is 14.5. The van der Waals surface area contributed by atoms with Crippen LogP contribution in [0.15, 0.2) is 18.2 Å². The monoisotopic (exact) mass is 302 g/mol. The molecule has 0 unspecified atom stereocenters. The largest absolute Gasteiger partial charge is 0.450 e. The van der Waals surface area contributed by atoms with Crippen LogP contribution in [0, 0.1) is 0 Å². The molecule has 1 saturated carbocycles. The van der Waals surface area contributed by atoms with Crippen molar-refractivity contribution in [2.75, 3.05) is 0 Å². The fourth-order valence-electron chi connectivity index (χ4n) is 2.25. The van der Waals surface area contributed by atoms with Crippen molar-refractivity contribution in [2.45, 2.75) is 31.5 Å². The third kappa shape index (κ3) is 2.28. The predicted octanol–water partition coefficient (Wildman–Crippen LogP) is 3.70. The molecule has 0 N–H and O–H groups in total. The van der Waals surface area contributed by atoms with Crippen molar-refractivity contribution in [1.29, 1.82) is 0 Å². The molecule has 20 heavy (non-hydrogen) atoms. The number of rotatable bonds is 3. The van der Waals surface area contributed by atoms with Crippen LogP contribution in [0.3, 0.4) is 0 Å². The number of halogens is 4. The van der Waals surface area contributed by atoms with Gasteiger partial charge in [0.25, 0.3) is 0 Å². The Morgan fingerprint density at radius 2 is 2.10 bits per heavy atom. The number of carbonyl (C=O) groups is 1. The first-order valence-corrected chi connectivity index (χ1v) is 6.51. The van der Waals surface area contributed by atoms with Crippen molar-refractivity contribution in [2.24, 2.45) is 0 Å². The van der Waals surface area contributed by atoms with E-state index in [4.69, 9.17) is 11.6 Å². The minimum atomic E-state index is -4.84. The van der Waals surface area contributed by atoms with E-state index in [0.717, 1.165) is 12.8 Å². The van der Waals surface area contributed by atoms with Gasteiger partial charge in [-0.05, 0) is 25.0 Å². The van der Waals surface area contributed by atoms with Gasteiger partial charge in [-0.25, -0.2) is 4.98 Å². The summed E-state index contributed by atoms with van der Waals surface area (Å²) in [7, 11) is 0. The van der Waals surface area contributed by atoms with Gasteiger partial charge in [-0.3, -0.25) is 4.79 Å². The number of nitrogens with zero attached hydrogens (tertiary/aromatic N) is 2. The van der Waals surface area contributed by atoms with E-state index in [1.54, 1.807) is 22.8 Å². The highest BCUT2D eigenvalue weighted by Gasteiger charge is 2.40. The normalized spacial score (nSPS) is 15.8. The average Bonchev–Trinajstić information content (AvgIpc) is 3.11. The number of fused-ring (bicyclic) bond motifs is 1. The Morgan fingerprint density at radius 1 is 1.40 bits per heavy atom. The molecule has 1 heterocycles. The van der Waals surface area contributed by atoms with Crippen molar-refractivity contribution in [3.05, 3.63) is 29.0 Å². The highest BCUT2D eigenvalue weighted by molar-refractivity contribution is 6.35. The summed E-state index contributed by atoms with van der Waals surface area (Å²) in [5, 5.41) is 0.438. The van der Waals surface area contributed by atoms with Crippen LogP contribution in [0.25, 0.3) is 11.0 Å². The molecule has 0 radical (unpaired) electrons. The fourth-order valence-corrected chi connectivity index (χ4v) is 2.51. The number of imidazole rings is 1. The van der Waals surface area contributed by atoms with Gasteiger partial charge in [0.1, 0.15) is 5.82 Å². The van der Waals surface area contributed by atoms with Crippen LogP contribution in [-0.4, -0.2) is 21.5 Å². The molecule has 0 atom stereocenters. The van der Waals surface area contributed by atoms with E-state index in [9.17, 15) is 18.0 Å². The van der Waals surface area contributed by atoms with Gasteiger partial charge in [0, 0.05) is 6.04 Å². The Hall–Kier alpha value is -1.56. The molecule has 1 aliphatic carbocycles. The number of hydrogen-bond acceptors (Lipinski definition) is 2. The first kappa shape index (κ1) is 13.4. The smallest absolute Gasteiger partial charge is 0.323 e. The molecule has 0 aliphatic heterocycles. The van der Waals surface area contributed by atoms with E-state index in [0.29, 0.717) is 16.1 Å². The standard InChI is InChI=1S/C13H10ClF3N2O/c14-8-2-1-3-9-12(8)19(7-4-5-7)11(18-9)6-10(20)13(15,16)17/h1-3,7H,4-6H2. The van der Waals surface area contributed by atoms with Crippen molar-refractivity contribution in [3.63, 3.8) is 0 Å². The Labute approximate surface area is 117 Å². The molecule has 0 amide bonds. The first-order chi connectivity index (χ1) is 9.38. The Kier molecular flexibility index (Phi) is 3.01. The number of alkyl halides is 3. The molecule has 106 valence electrons. The molecule has 0 bridgehead atoms. The number of hydrogen-bond donors (Lipinski definition) is 0. The predicted molar refractivity (Wildman–Crippen MR) is 67.8 cm³/mol. The zero-order valence-corrected chi connectivity index (χ0v) is 11.0. The summed E-state index contributed by atoms with van der Waals surface area (Å²) in [6.07, 6.45) is -3.85. The molecule has 1 aliphatic rings. The van der Waals surface area contributed by atoms with Gasteiger partial charge in [-0.15, -0.1) is 0 Å². The maximum absolute atomic E-state index is 12.4. The lowest BCUT2D eigenvalue weighted by Gasteiger charge is -2.09. The summed E-state index contributed by atoms with van der Waals surface area (Å²) in [5.41, 5.74) is 1.14. The molecule has 2 aromatic rings. The van der Waals surface area contributed by atoms with Gasteiger partial charge >= 0.3 is 6.18 Å². The van der Waals surface area contributed by atoms with Gasteiger partial charge in [-0.1, -0.05) is 17.7 Å². The van der Waals surface area contributed by atoms with E-state index in [1.807, 2.05) is 0 Å². The Bertz CT molecular complexity index is 689. The first-order valence-electron chi connectivity index (χ1n) is 6.13. The van der Waals surface area contributed by atoms with Gasteiger partial charge in [0.15, 0.2) is 0 Å². The summed E-state index contributed by atoms with van der Waals surface area (Å²) in [5.74, 6) is -1.65. The number of ketones is 1. The highest BCUT2D eigenvalue weighted by atomic mass is 35.5. The number of para-hydroxylation sites is 1. The Balaban J connectivity index is 2.09. The van der Waals surface area contributed by atoms with E-state index < -0.39 is 18.4 Å². The number of carbonyl (C=O) groups excluding carboxylic acids is 1. The van der Waals surface area contributed by atoms with Gasteiger partial charge < -0.3 is 4.57 Å². The SMILES string of the molecule is O=C(Cc1nc2cccc(Cl)c2n1C1CC1)C(F)(F)F. The van der Waals surface area contributed by atoms with Crippen LogP contribution in [0.5, 0.6) is 0 Å². The van der Waals surface area contributed by atoms with Crippen molar-refractivity contribution in [1.82, 2.24) is 9.55 Å². The average molecular weight is 303 g/mol. The van der Waals surface area contributed by atoms with Crippen LogP contribution in [0.4, 0.5) is 13.2 Å². The summed E-state index contributed by atoms with van der Waals surface area (Å²) in [4.78, 5) is 15.3. The molecule has 3 rings (SSSR count). The molecular weight excluding hydrogens is 293 g/mol. The lowest BCUT2D eigenvalue weighted by atomic mass is 10.2. The Morgan fingerprint density at radius 3 is 2.70 bits per heavy atom. The number of Topliss-reactive ketones (excluding diaryl/α,β-unsaturated/α-hetero) is 1. The van der Waals surface area contributed by atoms with Crippen molar-refractivity contribution in [3.8, 4) is 0 Å². The number of benzene rings is 1. The molecule has 7 heteroatoms. The summed E-state index contributed by atoms with van der Waals surface area (Å²) < 4.78 is 38.9. The van der Waals surface area contributed by atoms with Crippen LogP contribution in [0.2, 0.25) is 5.02 Å². The lowest BCUT2D eigenvalue weighted by molar-refractivity contribution is -0.170. The lowest BCUT2D eigenvalue weighted by Crippen LogP contribution is -2.26. The quantitative estimate of drug-likeness (QED) is 0.866. The molecular formula is C13H10ClF3N2O. The van der Waals surface area contributed by atoms with E-state index >= 15 is 0 Å². The van der Waals surface area contributed by atoms with Crippen molar-refractivity contribution >= 4 is 28.4 Å². The number of aromatic nitrogens is 2. The highest BCUT2D eigenvalue weighted by Crippen LogP contribution is 2.40. The fraction of sp³-hybridized carbons (Fsp3) is 0.385. The third-order valence-corrected chi connectivity index (χ3v) is 3.59. The molecule has 0 spiro atoms. The summed E-state index contributed by atoms with van der Waals surface area (Å²) in [6, 6.07) is 5.13. The van der Waals surface area contributed by atoms with Gasteiger partial charge in [0.05, 0.1) is 22.5 Å². The van der Waals surface area contributed by atoms with Crippen molar-refractivity contribution < 1.29 is 18.0 Å². The molecule has 1 aromatic carbocycles. The third-order valence-electron chi connectivity index (χ3n) is 3.28. The van der Waals surface area contributed by atoms with E-state index in [-0.39, 0.29) is 11.9 Å². The second-order valence-corrected chi connectivity index (χ2v) is 5.24. The maximum atomic E-state index is 12.4. The van der Waals surface area contributed by atoms with Gasteiger partial charge in [-0.2, -0.15) is 13.2 Å². The van der Waals surface area contributed by atoms with Crippen LogP contribution in [-0.2, 0) is 11.2 Å². The second kappa shape index (κ2) is 4.48. The van der Waals surface area contributed by atoms with Crippen LogP contribution >= 0.6 is 11.6 Å². The molecule has 0 saturated heterocycles.